The van der Waals surface area contributed by atoms with Crippen LogP contribution in [-0.2, 0) is 20.4 Å². The summed E-state index contributed by atoms with van der Waals surface area (Å²) in [5.74, 6) is 1.67. The molecule has 1 N–H and O–H groups in total. The highest BCUT2D eigenvalue weighted by atomic mass is 32.2. The fourth-order valence-corrected chi connectivity index (χ4v) is 6.10. The van der Waals surface area contributed by atoms with Crippen LogP contribution in [0.5, 0.6) is 0 Å². The van der Waals surface area contributed by atoms with Crippen molar-refractivity contribution in [1.82, 2.24) is 0 Å². The van der Waals surface area contributed by atoms with Crippen molar-refractivity contribution < 1.29 is 4.79 Å². The van der Waals surface area contributed by atoms with Crippen LogP contribution >= 0.6 is 23.5 Å². The molecular weight excluding hydrogens is 370 g/mol. The Labute approximate surface area is 168 Å². The number of carbonyl (C=O) groups excluding carboxylic acids is 1. The summed E-state index contributed by atoms with van der Waals surface area (Å²) in [6.45, 7) is 2.05. The lowest BCUT2D eigenvalue weighted by Gasteiger charge is -2.26. The van der Waals surface area contributed by atoms with Gasteiger partial charge in [0.1, 0.15) is 0 Å². The van der Waals surface area contributed by atoms with Crippen LogP contribution in [0.15, 0.2) is 78.9 Å². The maximum absolute atomic E-state index is 13.2. The second kappa shape index (κ2) is 7.83. The molecule has 1 heterocycles. The average molecular weight is 392 g/mol. The third-order valence-electron chi connectivity index (χ3n) is 4.73. The Hall–Kier alpha value is -2.17. The second-order valence-corrected chi connectivity index (χ2v) is 9.25. The van der Waals surface area contributed by atoms with Gasteiger partial charge in [-0.15, -0.1) is 23.5 Å². The van der Waals surface area contributed by atoms with E-state index in [1.165, 1.54) is 11.1 Å². The number of para-hydroxylation sites is 1. The van der Waals surface area contributed by atoms with Crippen LogP contribution in [0.2, 0.25) is 0 Å². The molecule has 0 saturated heterocycles. The van der Waals surface area contributed by atoms with E-state index >= 15 is 0 Å². The smallest absolute Gasteiger partial charge is 0.255 e. The van der Waals surface area contributed by atoms with Crippen LogP contribution in [0.4, 0.5) is 5.69 Å². The molecule has 1 aliphatic heterocycles. The van der Waals surface area contributed by atoms with E-state index in [2.05, 4.69) is 54.7 Å². The van der Waals surface area contributed by atoms with Gasteiger partial charge >= 0.3 is 0 Å². The van der Waals surface area contributed by atoms with Crippen LogP contribution < -0.4 is 5.32 Å². The Bertz CT molecular complexity index is 898. The van der Waals surface area contributed by atoms with Crippen molar-refractivity contribution in [3.63, 3.8) is 0 Å². The summed E-state index contributed by atoms with van der Waals surface area (Å²) in [6, 6.07) is 26.9. The minimum absolute atomic E-state index is 0.0775. The lowest BCUT2D eigenvalue weighted by molar-refractivity contribution is -0.116. The van der Waals surface area contributed by atoms with Crippen molar-refractivity contribution >= 4 is 35.1 Å². The third-order valence-corrected chi connectivity index (χ3v) is 8.02. The molecule has 3 aromatic rings. The van der Waals surface area contributed by atoms with E-state index in [1.54, 1.807) is 23.5 Å². The first-order valence-corrected chi connectivity index (χ1v) is 10.9. The number of benzene rings is 3. The van der Waals surface area contributed by atoms with E-state index in [1.807, 2.05) is 36.4 Å². The van der Waals surface area contributed by atoms with Gasteiger partial charge < -0.3 is 5.32 Å². The largest absolute Gasteiger partial charge is 0.323 e. The van der Waals surface area contributed by atoms with Gasteiger partial charge in [-0.3, -0.25) is 4.79 Å². The quantitative estimate of drug-likeness (QED) is 0.525. The van der Waals surface area contributed by atoms with E-state index in [9.17, 15) is 4.79 Å². The SMILES string of the molecule is Cc1cccc2c1NC(=O)C2(SCc1ccccc1)SCc1ccccc1. The number of thioether (sulfide) groups is 2. The number of carbonyl (C=O) groups is 1. The van der Waals surface area contributed by atoms with E-state index in [0.29, 0.717) is 0 Å². The summed E-state index contributed by atoms with van der Waals surface area (Å²) in [5, 5.41) is 3.15. The first kappa shape index (κ1) is 18.2. The van der Waals surface area contributed by atoms with Crippen molar-refractivity contribution in [1.29, 1.82) is 0 Å². The van der Waals surface area contributed by atoms with E-state index in [-0.39, 0.29) is 5.91 Å². The van der Waals surface area contributed by atoms with E-state index < -0.39 is 4.08 Å². The maximum Gasteiger partial charge on any atom is 0.255 e. The molecule has 4 rings (SSSR count). The van der Waals surface area contributed by atoms with Gasteiger partial charge in [0.25, 0.3) is 5.91 Å². The molecule has 0 aliphatic carbocycles. The molecule has 0 bridgehead atoms. The Morgan fingerprint density at radius 1 is 0.778 bits per heavy atom. The van der Waals surface area contributed by atoms with Crippen molar-refractivity contribution in [3.8, 4) is 0 Å². The molecule has 136 valence electrons. The molecule has 27 heavy (non-hydrogen) atoms. The molecule has 0 unspecified atom stereocenters. The summed E-state index contributed by atoms with van der Waals surface area (Å²) in [5.41, 5.74) is 5.65. The monoisotopic (exact) mass is 391 g/mol. The minimum atomic E-state index is -0.632. The Balaban J connectivity index is 1.67. The third kappa shape index (κ3) is 3.64. The highest BCUT2D eigenvalue weighted by molar-refractivity contribution is 8.18. The summed E-state index contributed by atoms with van der Waals surface area (Å²) in [6.07, 6.45) is 0. The van der Waals surface area contributed by atoms with Crippen LogP contribution in [0.1, 0.15) is 22.3 Å². The molecule has 1 aliphatic rings. The molecule has 0 atom stereocenters. The molecule has 0 spiro atoms. The molecule has 1 amide bonds. The Kier molecular flexibility index (Phi) is 5.28. The second-order valence-electron chi connectivity index (χ2n) is 6.62. The number of nitrogens with one attached hydrogen (secondary N) is 1. The van der Waals surface area contributed by atoms with E-state index in [4.69, 9.17) is 0 Å². The Morgan fingerprint density at radius 3 is 1.89 bits per heavy atom. The van der Waals surface area contributed by atoms with Crippen LogP contribution in [0.3, 0.4) is 0 Å². The van der Waals surface area contributed by atoms with E-state index in [0.717, 1.165) is 28.3 Å². The van der Waals surface area contributed by atoms with Crippen molar-refractivity contribution in [2.75, 3.05) is 5.32 Å². The number of anilines is 1. The van der Waals surface area contributed by atoms with Gasteiger partial charge in [-0.2, -0.15) is 0 Å². The molecule has 0 saturated carbocycles. The molecule has 4 heteroatoms. The van der Waals surface area contributed by atoms with Gasteiger partial charge in [0.05, 0.1) is 0 Å². The standard InChI is InChI=1S/C23H21NOS2/c1-17-9-8-14-20-21(17)24-22(25)23(20,26-15-18-10-4-2-5-11-18)27-16-19-12-6-3-7-13-19/h2-14H,15-16H2,1H3,(H,24,25). The molecule has 0 fully saturated rings. The first-order valence-electron chi connectivity index (χ1n) is 8.96. The predicted octanol–water partition coefficient (Wildman–Crippen LogP) is 5.97. The molecule has 0 aromatic heterocycles. The zero-order valence-electron chi connectivity index (χ0n) is 15.1. The average Bonchev–Trinajstić information content (AvgIpc) is 3.00. The molecular formula is C23H21NOS2. The summed E-state index contributed by atoms with van der Waals surface area (Å²) in [4.78, 5) is 13.2. The van der Waals surface area contributed by atoms with Gasteiger partial charge in [-0.05, 0) is 23.6 Å². The van der Waals surface area contributed by atoms with Crippen LogP contribution in [0, 0.1) is 6.92 Å². The number of fused-ring (bicyclic) bond motifs is 1. The molecule has 3 aromatic carbocycles. The first-order chi connectivity index (χ1) is 13.2. The number of rotatable bonds is 6. The highest BCUT2D eigenvalue weighted by Gasteiger charge is 2.48. The molecule has 2 nitrogen and oxygen atoms in total. The number of amides is 1. The van der Waals surface area contributed by atoms with Crippen LogP contribution in [-0.4, -0.2) is 5.91 Å². The fourth-order valence-electron chi connectivity index (χ4n) is 3.27. The topological polar surface area (TPSA) is 29.1 Å². The lowest BCUT2D eigenvalue weighted by Crippen LogP contribution is -2.28. The van der Waals surface area contributed by atoms with Gasteiger partial charge in [0.15, 0.2) is 4.08 Å². The van der Waals surface area contributed by atoms with Crippen molar-refractivity contribution in [2.24, 2.45) is 0 Å². The number of aryl methyl sites for hydroxylation is 1. The predicted molar refractivity (Wildman–Crippen MR) is 117 cm³/mol. The highest BCUT2D eigenvalue weighted by Crippen LogP contribution is 2.55. The van der Waals surface area contributed by atoms with Gasteiger partial charge in [0.2, 0.25) is 0 Å². The molecule has 0 radical (unpaired) electrons. The maximum atomic E-state index is 13.2. The van der Waals surface area contributed by atoms with Crippen molar-refractivity contribution in [3.05, 3.63) is 101 Å². The normalized spacial score (nSPS) is 14.6. The number of hydrogen-bond acceptors (Lipinski definition) is 3. The summed E-state index contributed by atoms with van der Waals surface area (Å²) >= 11 is 3.43. The Morgan fingerprint density at radius 2 is 1.33 bits per heavy atom. The van der Waals surface area contributed by atoms with Crippen LogP contribution in [0.25, 0.3) is 0 Å². The number of hydrogen-bond donors (Lipinski definition) is 1. The van der Waals surface area contributed by atoms with Gasteiger partial charge in [-0.25, -0.2) is 0 Å². The minimum Gasteiger partial charge on any atom is -0.323 e. The zero-order valence-corrected chi connectivity index (χ0v) is 16.8. The summed E-state index contributed by atoms with van der Waals surface area (Å²) < 4.78 is -0.632. The van der Waals surface area contributed by atoms with Gasteiger partial charge in [0, 0.05) is 22.8 Å². The van der Waals surface area contributed by atoms with Crippen molar-refractivity contribution in [2.45, 2.75) is 22.5 Å². The lowest BCUT2D eigenvalue weighted by atomic mass is 10.1. The zero-order chi connectivity index (χ0) is 18.7. The van der Waals surface area contributed by atoms with Gasteiger partial charge in [-0.1, -0.05) is 78.9 Å². The summed E-state index contributed by atoms with van der Waals surface area (Å²) in [7, 11) is 0. The fraction of sp³-hybridized carbons (Fsp3) is 0.174.